The topological polar surface area (TPSA) is 20.2 Å². The maximum atomic E-state index is 10.8. The average molecular weight is 359 g/mol. The van der Waals surface area contributed by atoms with Gasteiger partial charge in [0.15, 0.2) is 0 Å². The minimum Gasteiger partial charge on any atom is -0.390 e. The van der Waals surface area contributed by atoms with E-state index in [-0.39, 0.29) is 0 Å². The molecule has 0 amide bonds. The van der Waals surface area contributed by atoms with E-state index < -0.39 is 5.60 Å². The van der Waals surface area contributed by atoms with Gasteiger partial charge in [-0.1, -0.05) is 46.6 Å². The zero-order valence-electron chi connectivity index (χ0n) is 18.2. The smallest absolute Gasteiger partial charge is 0.0653 e. The van der Waals surface area contributed by atoms with Gasteiger partial charge in [-0.3, -0.25) is 0 Å². The van der Waals surface area contributed by atoms with E-state index in [0.29, 0.717) is 5.92 Å². The van der Waals surface area contributed by atoms with Gasteiger partial charge >= 0.3 is 0 Å². The Balaban J connectivity index is 2.31. The van der Waals surface area contributed by atoms with Crippen molar-refractivity contribution in [2.75, 3.05) is 0 Å². The molecule has 1 rings (SSSR count). The largest absolute Gasteiger partial charge is 0.390 e. The highest BCUT2D eigenvalue weighted by Crippen LogP contribution is 2.34. The van der Waals surface area contributed by atoms with Gasteiger partial charge in [0.25, 0.3) is 0 Å². The molecular weight excluding hydrogens is 316 g/mol. The first-order valence-corrected chi connectivity index (χ1v) is 10.5. The van der Waals surface area contributed by atoms with E-state index in [4.69, 9.17) is 0 Å². The molecule has 1 nitrogen and oxygen atoms in total. The molecule has 0 aromatic carbocycles. The van der Waals surface area contributed by atoms with Crippen molar-refractivity contribution in [3.05, 3.63) is 46.6 Å². The van der Waals surface area contributed by atoms with E-state index in [2.05, 4.69) is 58.9 Å². The third-order valence-electron chi connectivity index (χ3n) is 5.78. The number of hydrogen-bond acceptors (Lipinski definition) is 1. The Morgan fingerprint density at radius 2 is 1.62 bits per heavy atom. The molecule has 26 heavy (non-hydrogen) atoms. The van der Waals surface area contributed by atoms with Gasteiger partial charge in [-0.15, -0.1) is 0 Å². The highest BCUT2D eigenvalue weighted by Gasteiger charge is 2.31. The van der Waals surface area contributed by atoms with Crippen molar-refractivity contribution >= 4 is 0 Å². The summed E-state index contributed by atoms with van der Waals surface area (Å²) in [5.41, 5.74) is 5.31. The van der Waals surface area contributed by atoms with Crippen molar-refractivity contribution in [2.24, 2.45) is 5.92 Å². The van der Waals surface area contributed by atoms with Crippen molar-refractivity contribution in [3.8, 4) is 0 Å². The van der Waals surface area contributed by atoms with Crippen LogP contribution in [0.1, 0.15) is 99.3 Å². The van der Waals surface area contributed by atoms with Gasteiger partial charge in [0.05, 0.1) is 5.60 Å². The Kier molecular flexibility index (Phi) is 10.2. The van der Waals surface area contributed by atoms with Crippen molar-refractivity contribution in [1.82, 2.24) is 0 Å². The second kappa shape index (κ2) is 11.6. The second-order valence-corrected chi connectivity index (χ2v) is 8.88. The standard InChI is InChI=1S/C25H42O/c1-20(2)10-7-11-21(3)12-8-13-22(4)14-9-19-25(6,26)24-17-15-23(5)16-18-24/h10,12,14-15,24,26H,7-9,11,13,16-19H2,1-6H3/b21-12+,22-14+. The highest BCUT2D eigenvalue weighted by molar-refractivity contribution is 5.07. The minimum atomic E-state index is -0.532. The highest BCUT2D eigenvalue weighted by atomic mass is 16.3. The van der Waals surface area contributed by atoms with Crippen LogP contribution in [0, 0.1) is 5.92 Å². The van der Waals surface area contributed by atoms with Crippen molar-refractivity contribution < 1.29 is 5.11 Å². The Labute approximate surface area is 163 Å². The Morgan fingerprint density at radius 1 is 1.04 bits per heavy atom. The molecule has 0 heterocycles. The SMILES string of the molecule is CC(C)=CCC/C(C)=C/CC/C(C)=C/CCC(C)(O)C1CC=C(C)CC1. The second-order valence-electron chi connectivity index (χ2n) is 8.88. The summed E-state index contributed by atoms with van der Waals surface area (Å²) in [4.78, 5) is 0. The van der Waals surface area contributed by atoms with Crippen molar-refractivity contribution in [1.29, 1.82) is 0 Å². The van der Waals surface area contributed by atoms with Gasteiger partial charge < -0.3 is 5.11 Å². The van der Waals surface area contributed by atoms with E-state index in [9.17, 15) is 5.11 Å². The van der Waals surface area contributed by atoms with E-state index in [0.717, 1.165) is 51.4 Å². The van der Waals surface area contributed by atoms with Gasteiger partial charge in [0.1, 0.15) is 0 Å². The fraction of sp³-hybridized carbons (Fsp3) is 0.680. The van der Waals surface area contributed by atoms with Crippen LogP contribution in [0.2, 0.25) is 0 Å². The molecule has 2 unspecified atom stereocenters. The molecule has 0 spiro atoms. The maximum absolute atomic E-state index is 10.8. The Morgan fingerprint density at radius 3 is 2.15 bits per heavy atom. The molecule has 0 saturated carbocycles. The molecule has 0 saturated heterocycles. The lowest BCUT2D eigenvalue weighted by Gasteiger charge is -2.34. The molecule has 1 heteroatoms. The van der Waals surface area contributed by atoms with Crippen LogP contribution in [0.4, 0.5) is 0 Å². The first-order chi connectivity index (χ1) is 12.2. The van der Waals surface area contributed by atoms with E-state index >= 15 is 0 Å². The monoisotopic (exact) mass is 358 g/mol. The summed E-state index contributed by atoms with van der Waals surface area (Å²) in [5, 5.41) is 10.8. The lowest BCUT2D eigenvalue weighted by atomic mass is 9.76. The fourth-order valence-electron chi connectivity index (χ4n) is 3.68. The zero-order valence-corrected chi connectivity index (χ0v) is 18.2. The normalized spacial score (nSPS) is 21.2. The van der Waals surface area contributed by atoms with Gasteiger partial charge in [0.2, 0.25) is 0 Å². The lowest BCUT2D eigenvalue weighted by Crippen LogP contribution is -2.35. The third-order valence-corrected chi connectivity index (χ3v) is 5.78. The summed E-state index contributed by atoms with van der Waals surface area (Å²) in [6.07, 6.45) is 19.1. The molecule has 148 valence electrons. The first kappa shape index (κ1) is 23.0. The van der Waals surface area contributed by atoms with Crippen LogP contribution in [0.5, 0.6) is 0 Å². The summed E-state index contributed by atoms with van der Waals surface area (Å²) >= 11 is 0. The molecule has 1 aliphatic carbocycles. The molecule has 1 N–H and O–H groups in total. The molecule has 0 aromatic rings. The Bertz CT molecular complexity index is 539. The first-order valence-electron chi connectivity index (χ1n) is 10.5. The number of aliphatic hydroxyl groups is 1. The minimum absolute atomic E-state index is 0.422. The van der Waals surface area contributed by atoms with Gasteiger partial charge in [-0.05, 0) is 105 Å². The van der Waals surface area contributed by atoms with Crippen LogP contribution in [-0.4, -0.2) is 10.7 Å². The van der Waals surface area contributed by atoms with Crippen molar-refractivity contribution in [3.63, 3.8) is 0 Å². The van der Waals surface area contributed by atoms with E-state index in [1.54, 1.807) is 0 Å². The number of hydrogen-bond donors (Lipinski definition) is 1. The predicted molar refractivity (Wildman–Crippen MR) is 116 cm³/mol. The quantitative estimate of drug-likeness (QED) is 0.397. The van der Waals surface area contributed by atoms with Crippen LogP contribution in [0.3, 0.4) is 0 Å². The van der Waals surface area contributed by atoms with E-state index in [1.165, 1.54) is 28.7 Å². The lowest BCUT2D eigenvalue weighted by molar-refractivity contribution is -0.0122. The average Bonchev–Trinajstić information content (AvgIpc) is 2.54. The maximum Gasteiger partial charge on any atom is 0.0653 e. The zero-order chi connectivity index (χ0) is 19.6. The van der Waals surface area contributed by atoms with Gasteiger partial charge in [-0.25, -0.2) is 0 Å². The molecule has 1 aliphatic rings. The van der Waals surface area contributed by atoms with Crippen LogP contribution >= 0.6 is 0 Å². The molecular formula is C25H42O. The molecule has 0 aromatic heterocycles. The fourth-order valence-corrected chi connectivity index (χ4v) is 3.68. The molecule has 0 radical (unpaired) electrons. The predicted octanol–water partition coefficient (Wildman–Crippen LogP) is 7.68. The van der Waals surface area contributed by atoms with Crippen LogP contribution in [-0.2, 0) is 0 Å². The van der Waals surface area contributed by atoms with Crippen LogP contribution in [0.25, 0.3) is 0 Å². The van der Waals surface area contributed by atoms with Crippen molar-refractivity contribution in [2.45, 2.75) is 105 Å². The Hall–Kier alpha value is -1.08. The number of allylic oxidation sites excluding steroid dienone is 8. The molecule has 0 aliphatic heterocycles. The molecule has 0 fully saturated rings. The summed E-state index contributed by atoms with van der Waals surface area (Å²) < 4.78 is 0. The third kappa shape index (κ3) is 9.57. The molecule has 2 atom stereocenters. The number of rotatable bonds is 10. The van der Waals surface area contributed by atoms with Crippen LogP contribution < -0.4 is 0 Å². The molecule has 0 bridgehead atoms. The summed E-state index contributed by atoms with van der Waals surface area (Å²) in [7, 11) is 0. The van der Waals surface area contributed by atoms with E-state index in [1.807, 2.05) is 6.92 Å². The summed E-state index contributed by atoms with van der Waals surface area (Å²) in [6, 6.07) is 0. The summed E-state index contributed by atoms with van der Waals surface area (Å²) in [6.45, 7) is 13.0. The summed E-state index contributed by atoms with van der Waals surface area (Å²) in [5.74, 6) is 0.422. The van der Waals surface area contributed by atoms with Gasteiger partial charge in [0, 0.05) is 0 Å². The van der Waals surface area contributed by atoms with Crippen LogP contribution in [0.15, 0.2) is 46.6 Å². The van der Waals surface area contributed by atoms with Gasteiger partial charge in [-0.2, -0.15) is 0 Å².